The lowest BCUT2D eigenvalue weighted by Crippen LogP contribution is -2.74. The first-order valence-electron chi connectivity index (χ1n) is 25.9. The van der Waals surface area contributed by atoms with Crippen molar-refractivity contribution in [3.05, 3.63) is 320 Å². The van der Waals surface area contributed by atoms with Gasteiger partial charge in [-0.1, -0.05) is 273 Å². The van der Waals surface area contributed by atoms with Gasteiger partial charge >= 0.3 is 0 Å². The number of hydrogen-bond acceptors (Lipinski definition) is 3. The molecule has 0 atom stereocenters. The van der Waals surface area contributed by atoms with Crippen LogP contribution in [0, 0.1) is 0 Å². The number of fused-ring (bicyclic) bond motifs is 6. The molecule has 3 aromatic heterocycles. The highest BCUT2D eigenvalue weighted by atomic mass is 28.3. The van der Waals surface area contributed by atoms with E-state index >= 15 is 0 Å². The molecule has 3 heterocycles. The second-order valence-corrected chi connectivity index (χ2v) is 23.3. The molecule has 0 bridgehead atoms. The van der Waals surface area contributed by atoms with E-state index in [-0.39, 0.29) is 0 Å². The van der Waals surface area contributed by atoms with E-state index in [4.69, 9.17) is 15.0 Å². The molecule has 76 heavy (non-hydrogen) atoms. The van der Waals surface area contributed by atoms with Gasteiger partial charge < -0.3 is 0 Å². The third kappa shape index (κ3) is 7.10. The van der Waals surface area contributed by atoms with Crippen molar-refractivity contribution in [3.63, 3.8) is 0 Å². The van der Waals surface area contributed by atoms with Gasteiger partial charge in [0.2, 0.25) is 11.9 Å². The van der Waals surface area contributed by atoms with Crippen LogP contribution in [0.25, 0.3) is 66.9 Å². The number of rotatable bonds is 11. The van der Waals surface area contributed by atoms with Crippen LogP contribution in [0.2, 0.25) is 0 Å². The summed E-state index contributed by atoms with van der Waals surface area (Å²) in [7, 11) is -2.93. The molecule has 5 nitrogen and oxygen atoms in total. The zero-order valence-corrected chi connectivity index (χ0v) is 42.5. The molecule has 0 N–H and O–H groups in total. The largest absolute Gasteiger partial charge is 0.278 e. The zero-order valence-electron chi connectivity index (χ0n) is 41.5. The molecule has 14 rings (SSSR count). The number of para-hydroxylation sites is 3. The number of hydrogen-bond donors (Lipinski definition) is 0. The summed E-state index contributed by atoms with van der Waals surface area (Å²) in [5.74, 6) is 1.65. The summed E-state index contributed by atoms with van der Waals surface area (Å²) >= 11 is 0. The van der Waals surface area contributed by atoms with E-state index in [9.17, 15) is 0 Å². The van der Waals surface area contributed by atoms with Crippen molar-refractivity contribution in [3.8, 4) is 23.3 Å². The SMILES string of the molecule is c1ccc(C(c2ccccc2)(c2ccccc2)c2ccc(-c3nc(-n4c5ccccc5c5ccccc54)nc(-n4c5ccccc5c5ccc([Si](c6ccccc6)(c6ccccc6)c6ccccc6)cc54)n3)cc2)cc1. The van der Waals surface area contributed by atoms with E-state index in [0.29, 0.717) is 17.7 Å². The standard InChI is InChI=1S/C70H49N5Si/c1-7-25-51(26-8-1)70(52-27-9-2-10-28-52,53-29-11-3-12-30-53)54-45-43-50(44-46-54)67-71-68(74-63-40-22-19-37-59(63)60-38-20-23-41-64(60)74)73-69(72-67)75-65-42-24-21-39-61(65)62-48-47-58(49-66(62)75)76(55-31-13-4-14-32-55,56-33-15-5-16-34-56)57-35-17-6-18-36-57/h1-49H. The maximum Gasteiger partial charge on any atom is 0.240 e. The Kier molecular flexibility index (Phi) is 11.0. The van der Waals surface area contributed by atoms with Crippen LogP contribution in [-0.2, 0) is 5.41 Å². The first-order chi connectivity index (χ1) is 37.7. The summed E-state index contributed by atoms with van der Waals surface area (Å²) in [5.41, 5.74) is 9.03. The van der Waals surface area contributed by atoms with Gasteiger partial charge in [-0.2, -0.15) is 15.0 Å². The summed E-state index contributed by atoms with van der Waals surface area (Å²) < 4.78 is 4.48. The van der Waals surface area contributed by atoms with Gasteiger partial charge in [0, 0.05) is 27.1 Å². The fraction of sp³-hybridized carbons (Fsp3) is 0.0143. The molecule has 0 unspecified atom stereocenters. The maximum atomic E-state index is 5.60. The third-order valence-electron chi connectivity index (χ3n) is 15.5. The van der Waals surface area contributed by atoms with Gasteiger partial charge in [0.25, 0.3) is 0 Å². The van der Waals surface area contributed by atoms with Crippen LogP contribution in [0.5, 0.6) is 0 Å². The van der Waals surface area contributed by atoms with Crippen LogP contribution in [-0.4, -0.2) is 32.2 Å². The predicted molar refractivity (Wildman–Crippen MR) is 316 cm³/mol. The highest BCUT2D eigenvalue weighted by Crippen LogP contribution is 2.45. The number of nitrogens with zero attached hydrogens (tertiary/aromatic N) is 5. The lowest BCUT2D eigenvalue weighted by molar-refractivity contribution is 0.745. The molecule has 0 saturated heterocycles. The first-order valence-corrected chi connectivity index (χ1v) is 27.9. The third-order valence-corrected chi connectivity index (χ3v) is 20.3. The molecule has 11 aromatic carbocycles. The van der Waals surface area contributed by atoms with Crippen LogP contribution in [0.3, 0.4) is 0 Å². The van der Waals surface area contributed by atoms with E-state index in [1.807, 2.05) is 0 Å². The van der Waals surface area contributed by atoms with Crippen LogP contribution in [0.1, 0.15) is 22.3 Å². The van der Waals surface area contributed by atoms with Gasteiger partial charge in [0.05, 0.1) is 27.5 Å². The van der Waals surface area contributed by atoms with Crippen LogP contribution < -0.4 is 20.7 Å². The molecule has 0 aliphatic rings. The normalized spacial score (nSPS) is 11.9. The van der Waals surface area contributed by atoms with E-state index < -0.39 is 13.5 Å². The summed E-state index contributed by atoms with van der Waals surface area (Å²) in [6, 6.07) is 108. The van der Waals surface area contributed by atoms with Crippen molar-refractivity contribution < 1.29 is 0 Å². The molecule has 0 fully saturated rings. The Morgan fingerprint density at radius 3 is 1.00 bits per heavy atom. The Balaban J connectivity index is 1.04. The van der Waals surface area contributed by atoms with Gasteiger partial charge in [-0.15, -0.1) is 0 Å². The van der Waals surface area contributed by atoms with Crippen LogP contribution >= 0.6 is 0 Å². The number of benzene rings is 11. The fourth-order valence-electron chi connectivity index (χ4n) is 12.2. The summed E-state index contributed by atoms with van der Waals surface area (Å²) in [6.07, 6.45) is 0. The van der Waals surface area contributed by atoms with Crippen molar-refractivity contribution in [2.24, 2.45) is 0 Å². The van der Waals surface area contributed by atoms with Gasteiger partial charge in [0.15, 0.2) is 13.9 Å². The minimum absolute atomic E-state index is 0.535. The molecule has 0 amide bonds. The van der Waals surface area contributed by atoms with Crippen LogP contribution in [0.15, 0.2) is 297 Å². The van der Waals surface area contributed by atoms with Crippen molar-refractivity contribution in [2.45, 2.75) is 5.41 Å². The monoisotopic (exact) mass is 987 g/mol. The van der Waals surface area contributed by atoms with E-state index in [0.717, 1.165) is 54.7 Å². The fourth-order valence-corrected chi connectivity index (χ4v) is 17.0. The summed E-state index contributed by atoms with van der Waals surface area (Å²) in [5, 5.41) is 9.71. The Bertz CT molecular complexity index is 4120. The quantitative estimate of drug-likeness (QED) is 0.0958. The molecule has 14 aromatic rings. The Hall–Kier alpha value is -9.75. The molecular formula is C70H49N5Si. The topological polar surface area (TPSA) is 48.5 Å². The van der Waals surface area contributed by atoms with E-state index in [1.54, 1.807) is 0 Å². The predicted octanol–water partition coefficient (Wildman–Crippen LogP) is 13.5. The Morgan fingerprint density at radius 2 is 0.592 bits per heavy atom. The zero-order chi connectivity index (χ0) is 50.5. The molecule has 6 heteroatoms. The molecular weight excluding hydrogens is 939 g/mol. The Labute approximate surface area is 442 Å². The summed E-state index contributed by atoms with van der Waals surface area (Å²) in [4.78, 5) is 16.7. The smallest absolute Gasteiger partial charge is 0.240 e. The van der Waals surface area contributed by atoms with Gasteiger partial charge in [-0.05, 0) is 67.3 Å². The van der Waals surface area contributed by atoms with E-state index in [1.165, 1.54) is 37.4 Å². The highest BCUT2D eigenvalue weighted by molar-refractivity contribution is 7.20. The molecule has 0 radical (unpaired) electrons. The van der Waals surface area contributed by atoms with Crippen molar-refractivity contribution in [1.82, 2.24) is 24.1 Å². The lowest BCUT2D eigenvalue weighted by Gasteiger charge is -2.37. The van der Waals surface area contributed by atoms with Crippen molar-refractivity contribution in [2.75, 3.05) is 0 Å². The highest BCUT2D eigenvalue weighted by Gasteiger charge is 2.42. The minimum Gasteiger partial charge on any atom is -0.278 e. The number of aromatic nitrogens is 5. The average Bonchev–Trinajstić information content (AvgIpc) is 4.02. The summed E-state index contributed by atoms with van der Waals surface area (Å²) in [6.45, 7) is 0. The minimum atomic E-state index is -2.93. The molecule has 0 spiro atoms. The molecule has 0 aliphatic carbocycles. The van der Waals surface area contributed by atoms with Crippen molar-refractivity contribution >= 4 is 72.4 Å². The van der Waals surface area contributed by atoms with Gasteiger partial charge in [-0.3, -0.25) is 9.13 Å². The molecule has 0 saturated carbocycles. The molecule has 0 aliphatic heterocycles. The first kappa shape index (κ1) is 44.9. The van der Waals surface area contributed by atoms with Gasteiger partial charge in [-0.25, -0.2) is 0 Å². The second-order valence-electron chi connectivity index (χ2n) is 19.5. The lowest BCUT2D eigenvalue weighted by atomic mass is 9.65. The second kappa shape index (κ2) is 18.6. The van der Waals surface area contributed by atoms with E-state index in [2.05, 4.69) is 306 Å². The molecule has 358 valence electrons. The maximum absolute atomic E-state index is 5.60. The average molecular weight is 988 g/mol. The Morgan fingerprint density at radius 1 is 0.263 bits per heavy atom. The van der Waals surface area contributed by atoms with Crippen LogP contribution in [0.4, 0.5) is 0 Å². The van der Waals surface area contributed by atoms with Gasteiger partial charge in [0.1, 0.15) is 0 Å². The van der Waals surface area contributed by atoms with Crippen molar-refractivity contribution in [1.29, 1.82) is 0 Å².